The van der Waals surface area contributed by atoms with Gasteiger partial charge in [-0.25, -0.2) is 4.79 Å². The topological polar surface area (TPSA) is 84.3 Å². The summed E-state index contributed by atoms with van der Waals surface area (Å²) in [5.74, 6) is -0.962. The molecule has 0 radical (unpaired) electrons. The van der Waals surface area contributed by atoms with Crippen LogP contribution in [0.5, 0.6) is 0 Å². The monoisotopic (exact) mass is 203 g/mol. The maximum atomic E-state index is 10.0. The lowest BCUT2D eigenvalue weighted by atomic mass is 10.6. The van der Waals surface area contributed by atoms with Crippen molar-refractivity contribution in [1.29, 1.82) is 0 Å². The average Bonchev–Trinajstić information content (AvgIpc) is 2.55. The number of rotatable bonds is 6. The van der Waals surface area contributed by atoms with Crippen LogP contribution in [0.3, 0.4) is 0 Å². The minimum atomic E-state index is -0.962. The zero-order valence-corrected chi connectivity index (χ0v) is 7.58. The molecule has 0 fully saturated rings. The number of nitrogens with one attached hydrogen (secondary N) is 1. The molecule has 0 unspecified atom stereocenters. The number of hydrogen-bond acceptors (Lipinski definition) is 6. The number of aliphatic carboxylic acids is 1. The molecular weight excluding hydrogens is 194 g/mol. The van der Waals surface area contributed by atoms with Crippen LogP contribution in [0.15, 0.2) is 5.51 Å². The third-order valence-corrected chi connectivity index (χ3v) is 1.76. The largest absolute Gasteiger partial charge is 0.480 e. The molecular formula is C6H9N3O3S. The molecule has 0 bridgehead atoms. The van der Waals surface area contributed by atoms with Crippen molar-refractivity contribution >= 4 is 22.4 Å². The van der Waals surface area contributed by atoms with Crippen LogP contribution in [0.2, 0.25) is 0 Å². The molecule has 0 saturated carbocycles. The van der Waals surface area contributed by atoms with Gasteiger partial charge in [-0.1, -0.05) is 11.3 Å². The first-order chi connectivity index (χ1) is 6.29. The van der Waals surface area contributed by atoms with E-state index >= 15 is 0 Å². The van der Waals surface area contributed by atoms with Crippen LogP contribution >= 0.6 is 11.3 Å². The van der Waals surface area contributed by atoms with Crippen molar-refractivity contribution in [2.45, 2.75) is 0 Å². The predicted molar refractivity (Wildman–Crippen MR) is 46.9 cm³/mol. The number of anilines is 1. The third kappa shape index (κ3) is 4.38. The van der Waals surface area contributed by atoms with Crippen LogP contribution in [0, 0.1) is 0 Å². The Morgan fingerprint density at radius 2 is 2.62 bits per heavy atom. The van der Waals surface area contributed by atoms with Gasteiger partial charge < -0.3 is 15.2 Å². The Labute approximate surface area is 78.6 Å². The molecule has 0 aliphatic heterocycles. The summed E-state index contributed by atoms with van der Waals surface area (Å²) in [7, 11) is 0. The van der Waals surface area contributed by atoms with Crippen LogP contribution < -0.4 is 5.32 Å². The normalized spacial score (nSPS) is 9.85. The lowest BCUT2D eigenvalue weighted by molar-refractivity contribution is -0.142. The van der Waals surface area contributed by atoms with Gasteiger partial charge in [0.25, 0.3) is 0 Å². The molecule has 0 amide bonds. The standard InChI is InChI=1S/C6H9N3O3S/c10-5(11)3-12-2-1-7-6-9-8-4-13-6/h4H,1-3H2,(H,7,9)(H,10,11). The Balaban J connectivity index is 1.99. The Morgan fingerprint density at radius 1 is 1.77 bits per heavy atom. The van der Waals surface area contributed by atoms with Gasteiger partial charge in [-0.15, -0.1) is 10.2 Å². The Bertz CT molecular complexity index is 252. The molecule has 1 aromatic rings. The van der Waals surface area contributed by atoms with E-state index in [1.54, 1.807) is 5.51 Å². The molecule has 72 valence electrons. The molecule has 1 aromatic heterocycles. The Kier molecular flexibility index (Phi) is 4.13. The fourth-order valence-corrected chi connectivity index (χ4v) is 1.11. The van der Waals surface area contributed by atoms with Crippen LogP contribution in [0.1, 0.15) is 0 Å². The smallest absolute Gasteiger partial charge is 0.329 e. The minimum Gasteiger partial charge on any atom is -0.480 e. The van der Waals surface area contributed by atoms with Crippen molar-refractivity contribution in [3.63, 3.8) is 0 Å². The van der Waals surface area contributed by atoms with E-state index in [1.807, 2.05) is 0 Å². The number of hydrogen-bond donors (Lipinski definition) is 2. The van der Waals surface area contributed by atoms with Crippen molar-refractivity contribution in [3.05, 3.63) is 5.51 Å². The third-order valence-electron chi connectivity index (χ3n) is 1.11. The van der Waals surface area contributed by atoms with Crippen molar-refractivity contribution in [2.24, 2.45) is 0 Å². The highest BCUT2D eigenvalue weighted by atomic mass is 32.1. The highest BCUT2D eigenvalue weighted by molar-refractivity contribution is 7.13. The summed E-state index contributed by atoms with van der Waals surface area (Å²) >= 11 is 1.38. The van der Waals surface area contributed by atoms with E-state index in [4.69, 9.17) is 9.84 Å². The maximum absolute atomic E-state index is 10.0. The summed E-state index contributed by atoms with van der Waals surface area (Å²) in [5, 5.41) is 19.2. The van der Waals surface area contributed by atoms with E-state index in [9.17, 15) is 4.79 Å². The second-order valence-electron chi connectivity index (χ2n) is 2.12. The molecule has 0 aromatic carbocycles. The lowest BCUT2D eigenvalue weighted by Gasteiger charge is -2.01. The quantitative estimate of drug-likeness (QED) is 0.635. The summed E-state index contributed by atoms with van der Waals surface area (Å²) in [4.78, 5) is 10.0. The lowest BCUT2D eigenvalue weighted by Crippen LogP contribution is -2.13. The molecule has 0 aliphatic rings. The van der Waals surface area contributed by atoms with Crippen LogP contribution in [0.25, 0.3) is 0 Å². The fourth-order valence-electron chi connectivity index (χ4n) is 0.640. The summed E-state index contributed by atoms with van der Waals surface area (Å²) < 4.78 is 4.79. The highest BCUT2D eigenvalue weighted by Crippen LogP contribution is 2.06. The number of aromatic nitrogens is 2. The van der Waals surface area contributed by atoms with Crippen molar-refractivity contribution in [2.75, 3.05) is 25.1 Å². The van der Waals surface area contributed by atoms with E-state index < -0.39 is 5.97 Å². The SMILES string of the molecule is O=C(O)COCCNc1nncs1. The van der Waals surface area contributed by atoms with Crippen molar-refractivity contribution in [3.8, 4) is 0 Å². The van der Waals surface area contributed by atoms with Gasteiger partial charge in [0.15, 0.2) is 0 Å². The minimum absolute atomic E-state index is 0.266. The number of carboxylic acids is 1. The molecule has 0 aliphatic carbocycles. The van der Waals surface area contributed by atoms with Gasteiger partial charge in [0.05, 0.1) is 6.61 Å². The van der Waals surface area contributed by atoms with Crippen molar-refractivity contribution < 1.29 is 14.6 Å². The van der Waals surface area contributed by atoms with E-state index in [2.05, 4.69) is 15.5 Å². The number of ether oxygens (including phenoxy) is 1. The van der Waals surface area contributed by atoms with Gasteiger partial charge in [-0.3, -0.25) is 0 Å². The molecule has 0 spiro atoms. The molecule has 0 saturated heterocycles. The van der Waals surface area contributed by atoms with Crippen LogP contribution in [-0.2, 0) is 9.53 Å². The van der Waals surface area contributed by atoms with Gasteiger partial charge in [0.2, 0.25) is 5.13 Å². The molecule has 6 nitrogen and oxygen atoms in total. The van der Waals surface area contributed by atoms with Crippen LogP contribution in [-0.4, -0.2) is 41.0 Å². The molecule has 0 atom stereocenters. The predicted octanol–water partition coefficient (Wildman–Crippen LogP) is 0.0512. The zero-order chi connectivity index (χ0) is 9.52. The maximum Gasteiger partial charge on any atom is 0.329 e. The first kappa shape index (κ1) is 9.87. The van der Waals surface area contributed by atoms with E-state index in [-0.39, 0.29) is 6.61 Å². The first-order valence-corrected chi connectivity index (χ1v) is 4.46. The van der Waals surface area contributed by atoms with Gasteiger partial charge in [0, 0.05) is 6.54 Å². The fraction of sp³-hybridized carbons (Fsp3) is 0.500. The Morgan fingerprint density at radius 3 is 3.23 bits per heavy atom. The second-order valence-corrected chi connectivity index (χ2v) is 2.95. The molecule has 7 heteroatoms. The number of nitrogens with zero attached hydrogens (tertiary/aromatic N) is 2. The molecule has 13 heavy (non-hydrogen) atoms. The summed E-state index contributed by atoms with van der Waals surface area (Å²) in [6, 6.07) is 0. The summed E-state index contributed by atoms with van der Waals surface area (Å²) in [6.45, 7) is 0.603. The van der Waals surface area contributed by atoms with E-state index in [0.717, 1.165) is 0 Å². The molecule has 2 N–H and O–H groups in total. The summed E-state index contributed by atoms with van der Waals surface area (Å²) in [5.41, 5.74) is 1.61. The number of carbonyl (C=O) groups is 1. The van der Waals surface area contributed by atoms with Gasteiger partial charge in [0.1, 0.15) is 12.1 Å². The average molecular weight is 203 g/mol. The van der Waals surface area contributed by atoms with E-state index in [0.29, 0.717) is 18.3 Å². The van der Waals surface area contributed by atoms with Crippen molar-refractivity contribution in [1.82, 2.24) is 10.2 Å². The highest BCUT2D eigenvalue weighted by Gasteiger charge is 1.96. The second kappa shape index (κ2) is 5.44. The zero-order valence-electron chi connectivity index (χ0n) is 6.77. The van der Waals surface area contributed by atoms with E-state index in [1.165, 1.54) is 11.3 Å². The Hall–Kier alpha value is -1.21. The molecule has 1 heterocycles. The molecule has 1 rings (SSSR count). The number of carboxylic acid groups (broad SMARTS) is 1. The van der Waals surface area contributed by atoms with Gasteiger partial charge in [-0.2, -0.15) is 0 Å². The van der Waals surface area contributed by atoms with Crippen LogP contribution in [0.4, 0.5) is 5.13 Å². The van der Waals surface area contributed by atoms with Gasteiger partial charge >= 0.3 is 5.97 Å². The van der Waals surface area contributed by atoms with Gasteiger partial charge in [-0.05, 0) is 0 Å². The first-order valence-electron chi connectivity index (χ1n) is 3.58. The summed E-state index contributed by atoms with van der Waals surface area (Å²) in [6.07, 6.45) is 0.